The second-order valence-electron chi connectivity index (χ2n) is 5.80. The maximum atomic E-state index is 12.6. The molecule has 3 rings (SSSR count). The molecule has 1 atom stereocenters. The van der Waals surface area contributed by atoms with E-state index in [0.717, 1.165) is 24.1 Å². The molecule has 0 saturated heterocycles. The molecule has 1 heterocycles. The number of benzene rings is 1. The van der Waals surface area contributed by atoms with Crippen molar-refractivity contribution < 1.29 is 4.79 Å². The average molecular weight is 295 g/mol. The molecule has 4 nitrogen and oxygen atoms in total. The first-order valence-corrected chi connectivity index (χ1v) is 7.74. The Balaban J connectivity index is 1.65. The molecule has 2 N–H and O–H groups in total. The molecule has 0 radical (unpaired) electrons. The van der Waals surface area contributed by atoms with E-state index in [1.807, 2.05) is 53.4 Å². The highest BCUT2D eigenvalue weighted by molar-refractivity contribution is 5.77. The Labute approximate surface area is 131 Å². The molecule has 0 aliphatic heterocycles. The van der Waals surface area contributed by atoms with Crippen molar-refractivity contribution in [2.75, 3.05) is 0 Å². The Morgan fingerprint density at radius 3 is 2.55 bits per heavy atom. The van der Waals surface area contributed by atoms with Crippen LogP contribution in [0.1, 0.15) is 36.6 Å². The predicted molar refractivity (Wildman–Crippen MR) is 85.8 cm³/mol. The zero-order valence-electron chi connectivity index (χ0n) is 12.6. The molecule has 0 bridgehead atoms. The molecule has 1 fully saturated rings. The van der Waals surface area contributed by atoms with Crippen LogP contribution in [-0.2, 0) is 11.3 Å². The molecule has 1 aliphatic carbocycles. The number of pyridine rings is 1. The van der Waals surface area contributed by atoms with Gasteiger partial charge in [0.25, 0.3) is 0 Å². The Hall–Kier alpha value is -2.20. The average Bonchev–Trinajstić information content (AvgIpc) is 3.39. The number of hydrogen-bond donors (Lipinski definition) is 1. The van der Waals surface area contributed by atoms with Crippen molar-refractivity contribution >= 4 is 5.91 Å². The predicted octanol–water partition coefficient (Wildman–Crippen LogP) is 2.66. The lowest BCUT2D eigenvalue weighted by molar-refractivity contribution is -0.132. The van der Waals surface area contributed by atoms with Gasteiger partial charge in [-0.15, -0.1) is 0 Å². The number of nitrogens with zero attached hydrogens (tertiary/aromatic N) is 2. The molecular weight excluding hydrogens is 274 g/mol. The molecule has 4 heteroatoms. The highest BCUT2D eigenvalue weighted by Gasteiger charge is 2.33. The van der Waals surface area contributed by atoms with Crippen molar-refractivity contribution in [2.45, 2.75) is 37.9 Å². The molecule has 0 spiro atoms. The van der Waals surface area contributed by atoms with Crippen molar-refractivity contribution in [3.05, 3.63) is 66.0 Å². The number of nitrogens with two attached hydrogens (primary N) is 1. The van der Waals surface area contributed by atoms with E-state index in [0.29, 0.717) is 19.0 Å². The van der Waals surface area contributed by atoms with E-state index >= 15 is 0 Å². The van der Waals surface area contributed by atoms with E-state index < -0.39 is 0 Å². The number of hydrogen-bond acceptors (Lipinski definition) is 3. The number of rotatable bonds is 6. The van der Waals surface area contributed by atoms with Gasteiger partial charge in [0.2, 0.25) is 5.91 Å². The summed E-state index contributed by atoms with van der Waals surface area (Å²) in [5.74, 6) is 0.115. The molecule has 22 heavy (non-hydrogen) atoms. The molecule has 1 saturated carbocycles. The van der Waals surface area contributed by atoms with Crippen molar-refractivity contribution in [3.63, 3.8) is 0 Å². The van der Waals surface area contributed by atoms with E-state index in [9.17, 15) is 4.79 Å². The molecule has 1 amide bonds. The van der Waals surface area contributed by atoms with Crippen molar-refractivity contribution in [1.82, 2.24) is 9.88 Å². The Bertz CT molecular complexity index is 611. The second kappa shape index (κ2) is 6.71. The molecule has 1 aliphatic rings. The van der Waals surface area contributed by atoms with Gasteiger partial charge < -0.3 is 10.6 Å². The molecule has 2 aromatic rings. The maximum Gasteiger partial charge on any atom is 0.225 e. The van der Waals surface area contributed by atoms with Crippen LogP contribution >= 0.6 is 0 Å². The first-order valence-electron chi connectivity index (χ1n) is 7.74. The van der Waals surface area contributed by atoms with Gasteiger partial charge in [-0.1, -0.05) is 36.4 Å². The standard InChI is InChI=1S/C18H21N3O/c19-17(14-6-2-1-3-7-14)12-18(22)21(16-9-10-16)13-15-8-4-5-11-20-15/h1-8,11,16-17H,9-10,12-13,19H2. The fourth-order valence-corrected chi connectivity index (χ4v) is 2.60. The van der Waals surface area contributed by atoms with Crippen LogP contribution in [0.3, 0.4) is 0 Å². The fourth-order valence-electron chi connectivity index (χ4n) is 2.60. The number of amides is 1. The van der Waals surface area contributed by atoms with Crippen LogP contribution in [0, 0.1) is 0 Å². The molecule has 1 unspecified atom stereocenters. The molecule has 114 valence electrons. The number of carbonyl (C=O) groups excluding carboxylic acids is 1. The van der Waals surface area contributed by atoms with Crippen LogP contribution in [0.15, 0.2) is 54.7 Å². The van der Waals surface area contributed by atoms with Crippen LogP contribution in [0.2, 0.25) is 0 Å². The quantitative estimate of drug-likeness (QED) is 0.891. The highest BCUT2D eigenvalue weighted by Crippen LogP contribution is 2.29. The summed E-state index contributed by atoms with van der Waals surface area (Å²) in [5.41, 5.74) is 8.12. The van der Waals surface area contributed by atoms with Gasteiger partial charge >= 0.3 is 0 Å². The zero-order valence-corrected chi connectivity index (χ0v) is 12.6. The third-order valence-electron chi connectivity index (χ3n) is 3.99. The van der Waals surface area contributed by atoms with Crippen LogP contribution in [0.4, 0.5) is 0 Å². The summed E-state index contributed by atoms with van der Waals surface area (Å²) >= 11 is 0. The first-order chi connectivity index (χ1) is 10.7. The molecule has 1 aromatic heterocycles. The third kappa shape index (κ3) is 3.71. The SMILES string of the molecule is NC(CC(=O)N(Cc1ccccn1)C1CC1)c1ccccc1. The van der Waals surface area contributed by atoms with E-state index in [4.69, 9.17) is 5.73 Å². The minimum absolute atomic E-state index is 0.115. The van der Waals surface area contributed by atoms with Crippen LogP contribution < -0.4 is 5.73 Å². The summed E-state index contributed by atoms with van der Waals surface area (Å²) in [6.07, 6.45) is 4.27. The van der Waals surface area contributed by atoms with Crippen molar-refractivity contribution in [3.8, 4) is 0 Å². The lowest BCUT2D eigenvalue weighted by Crippen LogP contribution is -2.35. The Morgan fingerprint density at radius 2 is 1.91 bits per heavy atom. The largest absolute Gasteiger partial charge is 0.334 e. The monoisotopic (exact) mass is 295 g/mol. The summed E-state index contributed by atoms with van der Waals surface area (Å²) in [5, 5.41) is 0. The van der Waals surface area contributed by atoms with Crippen LogP contribution in [0.25, 0.3) is 0 Å². The summed E-state index contributed by atoms with van der Waals surface area (Å²) in [4.78, 5) is 18.9. The van der Waals surface area contributed by atoms with Crippen molar-refractivity contribution in [2.24, 2.45) is 5.73 Å². The highest BCUT2D eigenvalue weighted by atomic mass is 16.2. The fraction of sp³-hybridized carbons (Fsp3) is 0.333. The van der Waals surface area contributed by atoms with Gasteiger partial charge in [-0.25, -0.2) is 0 Å². The van der Waals surface area contributed by atoms with E-state index in [-0.39, 0.29) is 11.9 Å². The van der Waals surface area contributed by atoms with Gasteiger partial charge in [0.15, 0.2) is 0 Å². The van der Waals surface area contributed by atoms with Gasteiger partial charge in [0.05, 0.1) is 12.2 Å². The third-order valence-corrected chi connectivity index (χ3v) is 3.99. The number of aromatic nitrogens is 1. The van der Waals surface area contributed by atoms with Crippen LogP contribution in [0.5, 0.6) is 0 Å². The van der Waals surface area contributed by atoms with Crippen LogP contribution in [-0.4, -0.2) is 21.8 Å². The first kappa shape index (κ1) is 14.7. The minimum atomic E-state index is -0.251. The van der Waals surface area contributed by atoms with E-state index in [2.05, 4.69) is 4.98 Å². The smallest absolute Gasteiger partial charge is 0.225 e. The lowest BCUT2D eigenvalue weighted by atomic mass is 10.0. The zero-order chi connectivity index (χ0) is 15.4. The van der Waals surface area contributed by atoms with Gasteiger partial charge in [-0.2, -0.15) is 0 Å². The Kier molecular flexibility index (Phi) is 4.49. The Morgan fingerprint density at radius 1 is 1.18 bits per heavy atom. The van der Waals surface area contributed by atoms with Gasteiger partial charge in [-0.3, -0.25) is 9.78 Å². The molecular formula is C18H21N3O. The second-order valence-corrected chi connectivity index (χ2v) is 5.80. The summed E-state index contributed by atoms with van der Waals surface area (Å²) in [6, 6.07) is 15.7. The van der Waals surface area contributed by atoms with Gasteiger partial charge in [0, 0.05) is 24.7 Å². The summed E-state index contributed by atoms with van der Waals surface area (Å²) in [7, 11) is 0. The van der Waals surface area contributed by atoms with E-state index in [1.165, 1.54) is 0 Å². The topological polar surface area (TPSA) is 59.2 Å². The molecule has 1 aromatic carbocycles. The normalized spacial score (nSPS) is 15.3. The lowest BCUT2D eigenvalue weighted by Gasteiger charge is -2.24. The summed E-state index contributed by atoms with van der Waals surface area (Å²) in [6.45, 7) is 0.575. The van der Waals surface area contributed by atoms with Gasteiger partial charge in [0.1, 0.15) is 0 Å². The minimum Gasteiger partial charge on any atom is -0.334 e. The maximum absolute atomic E-state index is 12.6. The van der Waals surface area contributed by atoms with Crippen molar-refractivity contribution in [1.29, 1.82) is 0 Å². The summed E-state index contributed by atoms with van der Waals surface area (Å²) < 4.78 is 0. The van der Waals surface area contributed by atoms with Gasteiger partial charge in [-0.05, 0) is 30.5 Å². The number of carbonyl (C=O) groups is 1. The van der Waals surface area contributed by atoms with E-state index in [1.54, 1.807) is 6.20 Å².